The van der Waals surface area contributed by atoms with E-state index in [-0.39, 0.29) is 12.4 Å². The molecule has 0 aliphatic heterocycles. The molecule has 0 saturated carbocycles. The van der Waals surface area contributed by atoms with Crippen molar-refractivity contribution in [2.75, 3.05) is 23.7 Å². The number of aromatic nitrogens is 2. The number of nitrogens with zero attached hydrogens (tertiary/aromatic N) is 3. The van der Waals surface area contributed by atoms with Crippen molar-refractivity contribution in [1.29, 1.82) is 0 Å². The highest BCUT2D eigenvalue weighted by atomic mass is 19.4. The summed E-state index contributed by atoms with van der Waals surface area (Å²) in [5.74, 6) is 0.286. The van der Waals surface area contributed by atoms with Crippen LogP contribution in [0.5, 0.6) is 0 Å². The van der Waals surface area contributed by atoms with Gasteiger partial charge in [0.15, 0.2) is 0 Å². The van der Waals surface area contributed by atoms with Gasteiger partial charge in [-0.25, -0.2) is 9.97 Å². The van der Waals surface area contributed by atoms with E-state index in [4.69, 9.17) is 5.73 Å². The van der Waals surface area contributed by atoms with Crippen LogP contribution in [0.3, 0.4) is 0 Å². The highest BCUT2D eigenvalue weighted by molar-refractivity contribution is 5.91. The van der Waals surface area contributed by atoms with Crippen molar-refractivity contribution in [2.45, 2.75) is 19.5 Å². The first kappa shape index (κ1) is 14.4. The van der Waals surface area contributed by atoms with E-state index in [2.05, 4.69) is 9.97 Å². The molecule has 0 aliphatic rings. The topological polar surface area (TPSA) is 55.0 Å². The molecule has 2 rings (SSSR count). The zero-order valence-corrected chi connectivity index (χ0v) is 11.0. The number of nitrogen functional groups attached to an aromatic ring is 1. The minimum Gasteiger partial charge on any atom is -0.399 e. The smallest absolute Gasteiger partial charge is 0.399 e. The van der Waals surface area contributed by atoms with E-state index in [0.717, 1.165) is 0 Å². The summed E-state index contributed by atoms with van der Waals surface area (Å²) in [5.41, 5.74) is 6.71. The van der Waals surface area contributed by atoms with Crippen LogP contribution in [0.4, 0.5) is 24.7 Å². The summed E-state index contributed by atoms with van der Waals surface area (Å²) in [5, 5.41) is 0.569. The van der Waals surface area contributed by atoms with Gasteiger partial charge in [-0.3, -0.25) is 0 Å². The molecule has 108 valence electrons. The Hall–Kier alpha value is -2.05. The maximum atomic E-state index is 12.7. The maximum Gasteiger partial charge on any atom is 0.405 e. The van der Waals surface area contributed by atoms with Crippen molar-refractivity contribution in [1.82, 2.24) is 9.97 Å². The van der Waals surface area contributed by atoms with Gasteiger partial charge < -0.3 is 10.6 Å². The van der Waals surface area contributed by atoms with E-state index in [0.29, 0.717) is 23.0 Å². The van der Waals surface area contributed by atoms with Gasteiger partial charge in [0.25, 0.3) is 0 Å². The zero-order valence-electron chi connectivity index (χ0n) is 11.0. The Morgan fingerprint density at radius 2 is 2.00 bits per heavy atom. The normalized spacial score (nSPS) is 11.8. The quantitative estimate of drug-likeness (QED) is 0.877. The molecule has 0 bridgehead atoms. The summed E-state index contributed by atoms with van der Waals surface area (Å²) in [7, 11) is 0. The zero-order chi connectivity index (χ0) is 14.8. The Balaban J connectivity index is 2.47. The molecule has 2 N–H and O–H groups in total. The Morgan fingerprint density at radius 1 is 1.25 bits per heavy atom. The molecular weight excluding hydrogens is 269 g/mol. The van der Waals surface area contributed by atoms with Crippen molar-refractivity contribution in [3.8, 4) is 0 Å². The van der Waals surface area contributed by atoms with Crippen LogP contribution >= 0.6 is 0 Å². The lowest BCUT2D eigenvalue weighted by Gasteiger charge is -2.25. The molecule has 7 heteroatoms. The maximum absolute atomic E-state index is 12.7. The third-order valence-corrected chi connectivity index (χ3v) is 2.80. The van der Waals surface area contributed by atoms with E-state index in [1.807, 2.05) is 6.92 Å². The van der Waals surface area contributed by atoms with Crippen molar-refractivity contribution < 1.29 is 13.2 Å². The summed E-state index contributed by atoms with van der Waals surface area (Å²) < 4.78 is 38.0. The van der Waals surface area contributed by atoms with Gasteiger partial charge in [0.2, 0.25) is 0 Å². The molecule has 1 aromatic carbocycles. The molecule has 2 aromatic rings. The van der Waals surface area contributed by atoms with Crippen LogP contribution in [0.15, 0.2) is 24.5 Å². The van der Waals surface area contributed by atoms with Crippen LogP contribution in [-0.2, 0) is 0 Å². The number of benzene rings is 1. The Labute approximate surface area is 114 Å². The van der Waals surface area contributed by atoms with Gasteiger partial charge >= 0.3 is 6.18 Å². The molecule has 0 atom stereocenters. The molecule has 0 saturated heterocycles. The predicted octanol–water partition coefficient (Wildman–Crippen LogP) is 2.99. The number of hydrogen-bond donors (Lipinski definition) is 1. The third kappa shape index (κ3) is 3.28. The number of fused-ring (bicyclic) bond motifs is 1. The van der Waals surface area contributed by atoms with Gasteiger partial charge in [-0.15, -0.1) is 0 Å². The lowest BCUT2D eigenvalue weighted by molar-refractivity contribution is -0.119. The number of alkyl halides is 3. The summed E-state index contributed by atoms with van der Waals surface area (Å²) in [4.78, 5) is 9.28. The monoisotopic (exact) mass is 284 g/mol. The number of anilines is 2. The molecule has 20 heavy (non-hydrogen) atoms. The lowest BCUT2D eigenvalue weighted by atomic mass is 10.2. The third-order valence-electron chi connectivity index (χ3n) is 2.80. The average Bonchev–Trinajstić information content (AvgIpc) is 2.35. The first-order valence-corrected chi connectivity index (χ1v) is 6.22. The molecule has 0 aliphatic carbocycles. The van der Waals surface area contributed by atoms with E-state index in [1.54, 1.807) is 18.2 Å². The molecule has 0 fully saturated rings. The number of hydrogen-bond acceptors (Lipinski definition) is 4. The van der Waals surface area contributed by atoms with E-state index < -0.39 is 12.7 Å². The Bertz CT molecular complexity index is 598. The minimum absolute atomic E-state index is 0.274. The second kappa shape index (κ2) is 5.52. The van der Waals surface area contributed by atoms with Crippen LogP contribution in [-0.4, -0.2) is 29.2 Å². The summed E-state index contributed by atoms with van der Waals surface area (Å²) in [6.45, 7) is 1.07. The lowest BCUT2D eigenvalue weighted by Crippen LogP contribution is -2.35. The van der Waals surface area contributed by atoms with Crippen molar-refractivity contribution in [2.24, 2.45) is 0 Å². The Morgan fingerprint density at radius 3 is 2.65 bits per heavy atom. The molecule has 1 heterocycles. The van der Waals surface area contributed by atoms with E-state index in [1.165, 1.54) is 11.2 Å². The standard InChI is InChI=1S/C13H15F3N4/c1-2-5-20(7-13(14,15)16)12-10-4-3-9(17)6-11(10)18-8-19-12/h3-4,6,8H,2,5,7,17H2,1H3. The van der Waals surface area contributed by atoms with Crippen LogP contribution in [0, 0.1) is 0 Å². The molecule has 4 nitrogen and oxygen atoms in total. The van der Waals surface area contributed by atoms with Crippen LogP contribution < -0.4 is 10.6 Å². The van der Waals surface area contributed by atoms with Gasteiger partial charge in [0.05, 0.1) is 5.52 Å². The summed E-state index contributed by atoms with van der Waals surface area (Å²) in [6, 6.07) is 4.91. The highest BCUT2D eigenvalue weighted by Crippen LogP contribution is 2.27. The fourth-order valence-electron chi connectivity index (χ4n) is 2.06. The highest BCUT2D eigenvalue weighted by Gasteiger charge is 2.31. The van der Waals surface area contributed by atoms with E-state index in [9.17, 15) is 13.2 Å². The van der Waals surface area contributed by atoms with Crippen molar-refractivity contribution in [3.05, 3.63) is 24.5 Å². The van der Waals surface area contributed by atoms with E-state index >= 15 is 0 Å². The van der Waals surface area contributed by atoms with Gasteiger partial charge in [-0.05, 0) is 24.6 Å². The van der Waals surface area contributed by atoms with Crippen LogP contribution in [0.2, 0.25) is 0 Å². The SMILES string of the molecule is CCCN(CC(F)(F)F)c1ncnc2cc(N)ccc12. The van der Waals surface area contributed by atoms with Crippen molar-refractivity contribution >= 4 is 22.4 Å². The molecule has 1 aromatic heterocycles. The molecule has 0 spiro atoms. The minimum atomic E-state index is -4.28. The second-order valence-corrected chi connectivity index (χ2v) is 4.51. The number of nitrogens with two attached hydrogens (primary N) is 1. The van der Waals surface area contributed by atoms with Gasteiger partial charge in [-0.2, -0.15) is 13.2 Å². The largest absolute Gasteiger partial charge is 0.405 e. The molecule has 0 radical (unpaired) electrons. The van der Waals surface area contributed by atoms with Gasteiger partial charge in [0.1, 0.15) is 18.7 Å². The summed E-state index contributed by atoms with van der Waals surface area (Å²) in [6.07, 6.45) is -2.42. The Kier molecular flexibility index (Phi) is 3.96. The van der Waals surface area contributed by atoms with Crippen molar-refractivity contribution in [3.63, 3.8) is 0 Å². The number of rotatable bonds is 4. The molecule has 0 unspecified atom stereocenters. The first-order chi connectivity index (χ1) is 9.40. The van der Waals surface area contributed by atoms with Crippen LogP contribution in [0.1, 0.15) is 13.3 Å². The van der Waals surface area contributed by atoms with Crippen LogP contribution in [0.25, 0.3) is 10.9 Å². The fourth-order valence-corrected chi connectivity index (χ4v) is 2.06. The molecular formula is C13H15F3N4. The molecule has 0 amide bonds. The second-order valence-electron chi connectivity index (χ2n) is 4.51. The predicted molar refractivity (Wildman–Crippen MR) is 72.5 cm³/mol. The fraction of sp³-hybridized carbons (Fsp3) is 0.385. The van der Waals surface area contributed by atoms with Gasteiger partial charge in [-0.1, -0.05) is 6.92 Å². The first-order valence-electron chi connectivity index (χ1n) is 6.22. The average molecular weight is 284 g/mol. The summed E-state index contributed by atoms with van der Waals surface area (Å²) >= 11 is 0. The number of halogens is 3. The van der Waals surface area contributed by atoms with Gasteiger partial charge in [0, 0.05) is 17.6 Å².